The Balaban J connectivity index is 1.75. The summed E-state index contributed by atoms with van der Waals surface area (Å²) in [6, 6.07) is 17.7. The van der Waals surface area contributed by atoms with Crippen LogP contribution in [0.25, 0.3) is 33.8 Å². The van der Waals surface area contributed by atoms with Gasteiger partial charge in [-0.1, -0.05) is 41.9 Å². The quantitative estimate of drug-likeness (QED) is 0.289. The molecule has 0 spiro atoms. The molecule has 160 valence electrons. The molecule has 0 aliphatic carbocycles. The highest BCUT2D eigenvalue weighted by Crippen LogP contribution is 2.38. The summed E-state index contributed by atoms with van der Waals surface area (Å²) in [7, 11) is 0. The lowest BCUT2D eigenvalue weighted by atomic mass is 10.0. The van der Waals surface area contributed by atoms with E-state index in [1.54, 1.807) is 48.5 Å². The van der Waals surface area contributed by atoms with Crippen molar-refractivity contribution in [3.63, 3.8) is 0 Å². The minimum absolute atomic E-state index is 0.0497. The van der Waals surface area contributed by atoms with Crippen molar-refractivity contribution in [3.8, 4) is 39.6 Å². The van der Waals surface area contributed by atoms with Gasteiger partial charge in [0.1, 0.15) is 11.4 Å². The second-order valence-electron chi connectivity index (χ2n) is 6.92. The van der Waals surface area contributed by atoms with Crippen LogP contribution in [-0.2, 0) is 4.79 Å². The molecule has 0 atom stereocenters. The third-order valence-corrected chi connectivity index (χ3v) is 4.90. The Labute approximate surface area is 187 Å². The number of nitrogens with one attached hydrogen (secondary N) is 1. The standard InChI is InChI=1S/C23H16ClN3O5/c1-13(28)25-23-21(14-5-8-17(24)9-6-14)26-22(32-23)19-10-7-16(12-20(19)29)15-3-2-4-18(11-15)27(30)31/h2-12,29H,1H3,(H,25,28). The molecule has 0 unspecified atom stereocenters. The molecule has 0 saturated carbocycles. The number of carbonyl (C=O) groups excluding carboxylic acids is 1. The number of aromatic hydroxyl groups is 1. The summed E-state index contributed by atoms with van der Waals surface area (Å²) in [5.41, 5.74) is 2.46. The number of halogens is 1. The van der Waals surface area contributed by atoms with Crippen LogP contribution < -0.4 is 5.32 Å². The topological polar surface area (TPSA) is 118 Å². The SMILES string of the molecule is CC(=O)Nc1oc(-c2ccc(-c3cccc([N+](=O)[O-])c3)cc2O)nc1-c1ccc(Cl)cc1. The van der Waals surface area contributed by atoms with Gasteiger partial charge in [0.2, 0.25) is 17.7 Å². The molecule has 2 N–H and O–H groups in total. The van der Waals surface area contributed by atoms with E-state index >= 15 is 0 Å². The normalized spacial score (nSPS) is 10.7. The fraction of sp³-hybridized carbons (Fsp3) is 0.0435. The van der Waals surface area contributed by atoms with Gasteiger partial charge in [-0.05, 0) is 35.4 Å². The lowest BCUT2D eigenvalue weighted by Gasteiger charge is -2.05. The smallest absolute Gasteiger partial charge is 0.270 e. The highest BCUT2D eigenvalue weighted by Gasteiger charge is 2.20. The number of anilines is 1. The number of nitro groups is 1. The predicted octanol–water partition coefficient (Wildman–Crippen LogP) is 5.90. The number of phenolic OH excluding ortho intramolecular Hbond substituents is 1. The summed E-state index contributed by atoms with van der Waals surface area (Å²) >= 11 is 5.95. The van der Waals surface area contributed by atoms with Crippen molar-refractivity contribution in [3.05, 3.63) is 81.9 Å². The van der Waals surface area contributed by atoms with Crippen LogP contribution in [0.5, 0.6) is 5.75 Å². The summed E-state index contributed by atoms with van der Waals surface area (Å²) in [6.07, 6.45) is 0. The van der Waals surface area contributed by atoms with E-state index in [0.29, 0.717) is 33.0 Å². The molecule has 4 rings (SSSR count). The van der Waals surface area contributed by atoms with Crippen LogP contribution in [0.1, 0.15) is 6.92 Å². The van der Waals surface area contributed by atoms with Crippen LogP contribution in [0.4, 0.5) is 11.6 Å². The zero-order valence-corrected chi connectivity index (χ0v) is 17.5. The Bertz CT molecular complexity index is 1330. The summed E-state index contributed by atoms with van der Waals surface area (Å²) < 4.78 is 5.75. The van der Waals surface area contributed by atoms with E-state index < -0.39 is 4.92 Å². The molecule has 1 amide bonds. The zero-order valence-electron chi connectivity index (χ0n) is 16.7. The van der Waals surface area contributed by atoms with E-state index in [0.717, 1.165) is 0 Å². The van der Waals surface area contributed by atoms with Crippen LogP contribution >= 0.6 is 11.6 Å². The number of benzene rings is 3. The third kappa shape index (κ3) is 4.30. The van der Waals surface area contributed by atoms with Gasteiger partial charge in [-0.15, -0.1) is 0 Å². The highest BCUT2D eigenvalue weighted by atomic mass is 35.5. The lowest BCUT2D eigenvalue weighted by Crippen LogP contribution is -2.05. The molecular formula is C23H16ClN3O5. The molecular weight excluding hydrogens is 434 g/mol. The third-order valence-electron chi connectivity index (χ3n) is 4.65. The van der Waals surface area contributed by atoms with E-state index in [2.05, 4.69) is 10.3 Å². The van der Waals surface area contributed by atoms with Gasteiger partial charge in [-0.3, -0.25) is 20.2 Å². The first-order valence-corrected chi connectivity index (χ1v) is 9.82. The molecule has 9 heteroatoms. The van der Waals surface area contributed by atoms with Crippen molar-refractivity contribution in [2.45, 2.75) is 6.92 Å². The molecule has 0 aliphatic heterocycles. The van der Waals surface area contributed by atoms with Crippen LogP contribution in [0.15, 0.2) is 71.1 Å². The number of oxazole rings is 1. The number of hydrogen-bond acceptors (Lipinski definition) is 6. The number of aromatic nitrogens is 1. The maximum Gasteiger partial charge on any atom is 0.270 e. The van der Waals surface area contributed by atoms with E-state index in [9.17, 15) is 20.0 Å². The first kappa shape index (κ1) is 21.1. The number of nitrogens with zero attached hydrogens (tertiary/aromatic N) is 2. The van der Waals surface area contributed by atoms with Crippen molar-refractivity contribution in [1.82, 2.24) is 4.98 Å². The number of non-ortho nitro benzene ring substituents is 1. The number of amides is 1. The van der Waals surface area contributed by atoms with E-state index in [-0.39, 0.29) is 29.1 Å². The molecule has 0 fully saturated rings. The van der Waals surface area contributed by atoms with Gasteiger partial charge in [0.15, 0.2) is 0 Å². The highest BCUT2D eigenvalue weighted by molar-refractivity contribution is 6.30. The first-order valence-electron chi connectivity index (χ1n) is 9.44. The van der Waals surface area contributed by atoms with Crippen molar-refractivity contribution in [2.75, 3.05) is 5.32 Å². The molecule has 0 saturated heterocycles. The van der Waals surface area contributed by atoms with Gasteiger partial charge >= 0.3 is 0 Å². The molecule has 1 heterocycles. The van der Waals surface area contributed by atoms with Crippen LogP contribution in [0.3, 0.4) is 0 Å². The molecule has 0 radical (unpaired) electrons. The molecule has 8 nitrogen and oxygen atoms in total. The maximum absolute atomic E-state index is 11.6. The van der Waals surface area contributed by atoms with Gasteiger partial charge in [0.05, 0.1) is 10.5 Å². The van der Waals surface area contributed by atoms with Crippen molar-refractivity contribution in [2.24, 2.45) is 0 Å². The molecule has 4 aromatic rings. The van der Waals surface area contributed by atoms with Gasteiger partial charge in [0, 0.05) is 29.6 Å². The Morgan fingerprint density at radius 3 is 2.41 bits per heavy atom. The van der Waals surface area contributed by atoms with E-state index in [4.69, 9.17) is 16.0 Å². The summed E-state index contributed by atoms with van der Waals surface area (Å²) in [5.74, 6) is -0.237. The number of nitro benzene ring substituents is 1. The Hall–Kier alpha value is -4.17. The number of rotatable bonds is 5. The predicted molar refractivity (Wildman–Crippen MR) is 120 cm³/mol. The minimum Gasteiger partial charge on any atom is -0.507 e. The van der Waals surface area contributed by atoms with Crippen LogP contribution in [0, 0.1) is 10.1 Å². The molecule has 0 aliphatic rings. The van der Waals surface area contributed by atoms with Gasteiger partial charge in [-0.25, -0.2) is 4.98 Å². The number of phenols is 1. The van der Waals surface area contributed by atoms with Crippen molar-refractivity contribution < 1.29 is 19.2 Å². The monoisotopic (exact) mass is 449 g/mol. The average Bonchev–Trinajstić information content (AvgIpc) is 3.17. The second-order valence-corrected chi connectivity index (χ2v) is 7.36. The second kappa shape index (κ2) is 8.52. The van der Waals surface area contributed by atoms with E-state index in [1.807, 2.05) is 0 Å². The Morgan fingerprint density at radius 2 is 1.75 bits per heavy atom. The van der Waals surface area contributed by atoms with Gasteiger partial charge in [-0.2, -0.15) is 0 Å². The summed E-state index contributed by atoms with van der Waals surface area (Å²) in [6.45, 7) is 1.35. The number of carbonyl (C=O) groups is 1. The lowest BCUT2D eigenvalue weighted by molar-refractivity contribution is -0.384. The summed E-state index contributed by atoms with van der Waals surface area (Å²) in [5, 5.41) is 24.8. The van der Waals surface area contributed by atoms with Gasteiger partial charge in [0.25, 0.3) is 5.69 Å². The van der Waals surface area contributed by atoms with Crippen molar-refractivity contribution >= 4 is 29.1 Å². The average molecular weight is 450 g/mol. The summed E-state index contributed by atoms with van der Waals surface area (Å²) in [4.78, 5) is 26.6. The van der Waals surface area contributed by atoms with Crippen molar-refractivity contribution in [1.29, 1.82) is 0 Å². The molecule has 3 aromatic carbocycles. The zero-order chi connectivity index (χ0) is 22.8. The molecule has 32 heavy (non-hydrogen) atoms. The fourth-order valence-corrected chi connectivity index (χ4v) is 3.30. The Kier molecular flexibility index (Phi) is 5.61. The first-order chi connectivity index (χ1) is 15.3. The largest absolute Gasteiger partial charge is 0.507 e. The van der Waals surface area contributed by atoms with E-state index in [1.165, 1.54) is 25.1 Å². The molecule has 1 aromatic heterocycles. The van der Waals surface area contributed by atoms with Gasteiger partial charge < -0.3 is 9.52 Å². The molecule has 0 bridgehead atoms. The Morgan fingerprint density at radius 1 is 1.06 bits per heavy atom. The number of hydrogen-bond donors (Lipinski definition) is 2. The van der Waals surface area contributed by atoms with Crippen LogP contribution in [0.2, 0.25) is 5.02 Å². The fourth-order valence-electron chi connectivity index (χ4n) is 3.17. The van der Waals surface area contributed by atoms with Crippen LogP contribution in [-0.4, -0.2) is 20.9 Å². The maximum atomic E-state index is 11.6. The minimum atomic E-state index is -0.480.